The number of phosphoric acid groups is 1. The van der Waals surface area contributed by atoms with Crippen LogP contribution in [0.4, 0.5) is 0 Å². The van der Waals surface area contributed by atoms with Crippen LogP contribution >= 0.6 is 7.82 Å². The normalized spacial score (nSPS) is 11.8. The Morgan fingerprint density at radius 3 is 2.58 bits per heavy atom. The summed E-state index contributed by atoms with van der Waals surface area (Å²) in [7, 11) is -2.84. The monoisotopic (exact) mass is 282 g/mol. The molecule has 2 aromatic carbocycles. The lowest BCUT2D eigenvalue weighted by Crippen LogP contribution is -1.95. The lowest BCUT2D eigenvalue weighted by Gasteiger charge is -2.11. The van der Waals surface area contributed by atoms with Crippen molar-refractivity contribution in [2.45, 2.75) is 13.5 Å². The van der Waals surface area contributed by atoms with Gasteiger partial charge >= 0.3 is 7.82 Å². The quantitative estimate of drug-likeness (QED) is 0.843. The topological polar surface area (TPSA) is 76.0 Å². The van der Waals surface area contributed by atoms with Crippen LogP contribution in [0.25, 0.3) is 10.8 Å². The maximum absolute atomic E-state index is 10.7. The molecule has 0 heterocycles. The molecular formula is C13H15O5P. The number of hydrogen-bond donors (Lipinski definition) is 2. The maximum atomic E-state index is 10.7. The van der Waals surface area contributed by atoms with Gasteiger partial charge in [-0.25, -0.2) is 4.57 Å². The van der Waals surface area contributed by atoms with E-state index in [9.17, 15) is 4.57 Å². The van der Waals surface area contributed by atoms with Gasteiger partial charge in [-0.1, -0.05) is 18.2 Å². The van der Waals surface area contributed by atoms with E-state index in [4.69, 9.17) is 14.5 Å². The second-order valence-electron chi connectivity index (χ2n) is 4.20. The van der Waals surface area contributed by atoms with Gasteiger partial charge in [-0.15, -0.1) is 0 Å². The van der Waals surface area contributed by atoms with Gasteiger partial charge in [0, 0.05) is 0 Å². The number of methoxy groups -OCH3 is 1. The van der Waals surface area contributed by atoms with Crippen molar-refractivity contribution in [1.29, 1.82) is 0 Å². The predicted molar refractivity (Wildman–Crippen MR) is 72.1 cm³/mol. The highest BCUT2D eigenvalue weighted by molar-refractivity contribution is 7.46. The summed E-state index contributed by atoms with van der Waals surface area (Å²) in [5.41, 5.74) is 1.69. The molecule has 2 rings (SSSR count). The Morgan fingerprint density at radius 1 is 1.21 bits per heavy atom. The van der Waals surface area contributed by atoms with E-state index in [1.54, 1.807) is 13.2 Å². The number of phosphoric ester groups is 1. The van der Waals surface area contributed by atoms with Crippen molar-refractivity contribution in [3.05, 3.63) is 41.5 Å². The van der Waals surface area contributed by atoms with Gasteiger partial charge in [-0.2, -0.15) is 0 Å². The SMILES string of the molecule is COc1ccc2c(C)c(COP(=O)(O)O)ccc2c1. The minimum Gasteiger partial charge on any atom is -0.497 e. The largest absolute Gasteiger partial charge is 0.497 e. The van der Waals surface area contributed by atoms with Crippen molar-refractivity contribution >= 4 is 18.6 Å². The number of hydrogen-bond acceptors (Lipinski definition) is 3. The molecule has 0 saturated heterocycles. The minimum absolute atomic E-state index is 0.113. The summed E-state index contributed by atoms with van der Waals surface area (Å²) in [6.45, 7) is 1.78. The van der Waals surface area contributed by atoms with Gasteiger partial charge in [-0.3, -0.25) is 4.52 Å². The van der Waals surface area contributed by atoms with E-state index in [-0.39, 0.29) is 6.61 Å². The van der Waals surface area contributed by atoms with Crippen molar-refractivity contribution in [2.75, 3.05) is 7.11 Å². The molecule has 6 heteroatoms. The molecule has 19 heavy (non-hydrogen) atoms. The lowest BCUT2D eigenvalue weighted by molar-refractivity contribution is 0.189. The average molecular weight is 282 g/mol. The molecule has 0 aromatic heterocycles. The van der Waals surface area contributed by atoms with E-state index < -0.39 is 7.82 Å². The zero-order valence-corrected chi connectivity index (χ0v) is 11.6. The molecule has 0 radical (unpaired) electrons. The fourth-order valence-electron chi connectivity index (χ4n) is 1.95. The first-order valence-electron chi connectivity index (χ1n) is 5.67. The van der Waals surface area contributed by atoms with Crippen LogP contribution in [0.15, 0.2) is 30.3 Å². The van der Waals surface area contributed by atoms with Crippen LogP contribution in [0, 0.1) is 6.92 Å². The molecule has 0 amide bonds. The van der Waals surface area contributed by atoms with Gasteiger partial charge in [-0.05, 0) is 41.0 Å². The molecule has 102 valence electrons. The Hall–Kier alpha value is -1.39. The molecule has 0 spiro atoms. The first-order chi connectivity index (χ1) is 8.90. The van der Waals surface area contributed by atoms with Crippen molar-refractivity contribution < 1.29 is 23.6 Å². The van der Waals surface area contributed by atoms with Gasteiger partial charge in [0.05, 0.1) is 13.7 Å². The third-order valence-electron chi connectivity index (χ3n) is 3.00. The van der Waals surface area contributed by atoms with E-state index in [2.05, 4.69) is 4.52 Å². The second-order valence-corrected chi connectivity index (χ2v) is 5.44. The summed E-state index contributed by atoms with van der Waals surface area (Å²) in [6.07, 6.45) is 0. The van der Waals surface area contributed by atoms with Crippen LogP contribution in [0.3, 0.4) is 0 Å². The third kappa shape index (κ3) is 3.33. The Labute approximate surface area is 111 Å². The van der Waals surface area contributed by atoms with Crippen LogP contribution < -0.4 is 4.74 Å². The van der Waals surface area contributed by atoms with E-state index in [1.807, 2.05) is 31.2 Å². The number of fused-ring (bicyclic) bond motifs is 1. The van der Waals surface area contributed by atoms with Crippen LogP contribution in [0.5, 0.6) is 5.75 Å². The van der Waals surface area contributed by atoms with Gasteiger partial charge in [0.2, 0.25) is 0 Å². The average Bonchev–Trinajstić information content (AvgIpc) is 2.36. The Morgan fingerprint density at radius 2 is 1.95 bits per heavy atom. The molecule has 2 aromatic rings. The number of rotatable bonds is 4. The summed E-state index contributed by atoms with van der Waals surface area (Å²) in [6, 6.07) is 9.36. The number of ether oxygens (including phenoxy) is 1. The highest BCUT2D eigenvalue weighted by atomic mass is 31.2. The van der Waals surface area contributed by atoms with Gasteiger partial charge in [0.1, 0.15) is 5.75 Å². The van der Waals surface area contributed by atoms with Gasteiger partial charge in [0.25, 0.3) is 0 Å². The fraction of sp³-hybridized carbons (Fsp3) is 0.231. The summed E-state index contributed by atoms with van der Waals surface area (Å²) < 4.78 is 20.4. The van der Waals surface area contributed by atoms with Crippen molar-refractivity contribution in [1.82, 2.24) is 0 Å². The summed E-state index contributed by atoms with van der Waals surface area (Å²) in [4.78, 5) is 17.4. The molecule has 0 aliphatic rings. The van der Waals surface area contributed by atoms with E-state index in [0.29, 0.717) is 0 Å². The van der Waals surface area contributed by atoms with Crippen LogP contribution in [0.1, 0.15) is 11.1 Å². The molecule has 5 nitrogen and oxygen atoms in total. The number of benzene rings is 2. The van der Waals surface area contributed by atoms with E-state index >= 15 is 0 Å². The van der Waals surface area contributed by atoms with Crippen molar-refractivity contribution in [3.8, 4) is 5.75 Å². The maximum Gasteiger partial charge on any atom is 0.469 e. The smallest absolute Gasteiger partial charge is 0.469 e. The van der Waals surface area contributed by atoms with Gasteiger partial charge in [0.15, 0.2) is 0 Å². The third-order valence-corrected chi connectivity index (χ3v) is 3.46. The Kier molecular flexibility index (Phi) is 3.92. The molecule has 0 atom stereocenters. The molecule has 0 unspecified atom stereocenters. The summed E-state index contributed by atoms with van der Waals surface area (Å²) in [5, 5.41) is 2.02. The molecule has 0 fully saturated rings. The molecule has 0 aliphatic heterocycles. The highest BCUT2D eigenvalue weighted by Gasteiger charge is 2.15. The van der Waals surface area contributed by atoms with E-state index in [0.717, 1.165) is 27.6 Å². The second kappa shape index (κ2) is 5.31. The fourth-order valence-corrected chi connectivity index (χ4v) is 2.25. The van der Waals surface area contributed by atoms with Crippen LogP contribution in [-0.2, 0) is 15.7 Å². The first-order valence-corrected chi connectivity index (χ1v) is 7.20. The van der Waals surface area contributed by atoms with Crippen LogP contribution in [0.2, 0.25) is 0 Å². The minimum atomic E-state index is -4.44. The zero-order chi connectivity index (χ0) is 14.0. The number of aryl methyl sites for hydroxylation is 1. The standard InChI is InChI=1S/C13H15O5P/c1-9-11(8-18-19(14,15)16)4-3-10-7-12(17-2)5-6-13(9)10/h3-7H,8H2,1-2H3,(H2,14,15,16). The lowest BCUT2D eigenvalue weighted by atomic mass is 10.0. The van der Waals surface area contributed by atoms with Crippen LogP contribution in [-0.4, -0.2) is 16.9 Å². The zero-order valence-electron chi connectivity index (χ0n) is 10.7. The molecule has 0 aliphatic carbocycles. The summed E-state index contributed by atoms with van der Waals surface area (Å²) in [5.74, 6) is 0.770. The Balaban J connectivity index is 2.38. The van der Waals surface area contributed by atoms with Gasteiger partial charge < -0.3 is 14.5 Å². The molecule has 0 bridgehead atoms. The summed E-state index contributed by atoms with van der Waals surface area (Å²) >= 11 is 0. The van der Waals surface area contributed by atoms with Crippen molar-refractivity contribution in [2.24, 2.45) is 0 Å². The first kappa shape index (κ1) is 14.0. The molecule has 2 N–H and O–H groups in total. The predicted octanol–water partition coefficient (Wildman–Crippen LogP) is 2.77. The molecule has 0 saturated carbocycles. The van der Waals surface area contributed by atoms with E-state index in [1.165, 1.54) is 0 Å². The highest BCUT2D eigenvalue weighted by Crippen LogP contribution is 2.37. The Bertz CT molecular complexity index is 647. The molecular weight excluding hydrogens is 267 g/mol. The van der Waals surface area contributed by atoms with Crippen molar-refractivity contribution in [3.63, 3.8) is 0 Å².